The number of amides is 1. The van der Waals surface area contributed by atoms with Crippen molar-refractivity contribution in [3.63, 3.8) is 0 Å². The molecule has 1 aromatic rings. The van der Waals surface area contributed by atoms with E-state index in [0.29, 0.717) is 0 Å². The second kappa shape index (κ2) is 6.79. The number of alkyl carbamates (subject to hydrolysis) is 1. The molecule has 1 saturated carbocycles. The maximum atomic E-state index is 11.7. The zero-order valence-electron chi connectivity index (χ0n) is 10.8. The van der Waals surface area contributed by atoms with Crippen LogP contribution in [0.5, 0.6) is 0 Å². The normalized spacial score (nSPS) is 16.6. The van der Waals surface area contributed by atoms with E-state index in [1.165, 1.54) is 0 Å². The molecule has 0 bridgehead atoms. The quantitative estimate of drug-likeness (QED) is 0.903. The minimum absolute atomic E-state index is 0.232. The number of nitrogens with zero attached hydrogens (tertiary/aromatic N) is 1. The Kier molecular flexibility index (Phi) is 4.79. The summed E-state index contributed by atoms with van der Waals surface area (Å²) in [6, 6.07) is 11.2. The van der Waals surface area contributed by atoms with Gasteiger partial charge >= 0.3 is 6.09 Å². The summed E-state index contributed by atoms with van der Waals surface area (Å²) in [6.45, 7) is 0.232. The number of ether oxygens (including phenoxy) is 1. The van der Waals surface area contributed by atoms with Crippen LogP contribution in [0.1, 0.15) is 31.2 Å². The van der Waals surface area contributed by atoms with E-state index in [9.17, 15) is 4.79 Å². The van der Waals surface area contributed by atoms with Gasteiger partial charge in [-0.1, -0.05) is 43.2 Å². The van der Waals surface area contributed by atoms with E-state index in [1.54, 1.807) is 0 Å². The molecule has 1 amide bonds. The fourth-order valence-corrected chi connectivity index (χ4v) is 2.44. The zero-order valence-corrected chi connectivity index (χ0v) is 10.8. The molecule has 100 valence electrons. The minimum atomic E-state index is -0.512. The molecule has 1 aromatic carbocycles. The number of hydrogen-bond acceptors (Lipinski definition) is 3. The van der Waals surface area contributed by atoms with Gasteiger partial charge in [0.05, 0.1) is 6.07 Å². The molecular formula is C15H18N2O2. The minimum Gasteiger partial charge on any atom is -0.445 e. The van der Waals surface area contributed by atoms with Gasteiger partial charge in [0.1, 0.15) is 12.6 Å². The van der Waals surface area contributed by atoms with Crippen molar-refractivity contribution in [1.29, 1.82) is 5.26 Å². The molecule has 0 aromatic heterocycles. The molecule has 4 heteroatoms. The van der Waals surface area contributed by atoms with Gasteiger partial charge in [-0.3, -0.25) is 0 Å². The van der Waals surface area contributed by atoms with Crippen molar-refractivity contribution in [1.82, 2.24) is 5.32 Å². The van der Waals surface area contributed by atoms with Gasteiger partial charge in [0.25, 0.3) is 0 Å². The maximum Gasteiger partial charge on any atom is 0.408 e. The summed E-state index contributed by atoms with van der Waals surface area (Å²) < 4.78 is 5.12. The summed E-state index contributed by atoms with van der Waals surface area (Å²) >= 11 is 0. The molecule has 0 radical (unpaired) electrons. The van der Waals surface area contributed by atoms with Crippen LogP contribution < -0.4 is 5.32 Å². The van der Waals surface area contributed by atoms with E-state index in [1.807, 2.05) is 30.3 Å². The second-order valence-corrected chi connectivity index (χ2v) is 4.86. The van der Waals surface area contributed by atoms with Gasteiger partial charge < -0.3 is 10.1 Å². The fourth-order valence-electron chi connectivity index (χ4n) is 2.44. The molecule has 0 spiro atoms. The van der Waals surface area contributed by atoms with E-state index in [-0.39, 0.29) is 12.5 Å². The lowest BCUT2D eigenvalue weighted by Crippen LogP contribution is -2.38. The topological polar surface area (TPSA) is 62.1 Å². The third-order valence-corrected chi connectivity index (χ3v) is 3.50. The number of nitrogens with one attached hydrogen (secondary N) is 1. The number of nitriles is 1. The van der Waals surface area contributed by atoms with E-state index < -0.39 is 12.1 Å². The van der Waals surface area contributed by atoms with Crippen molar-refractivity contribution in [2.75, 3.05) is 0 Å². The van der Waals surface area contributed by atoms with E-state index >= 15 is 0 Å². The summed E-state index contributed by atoms with van der Waals surface area (Å²) in [7, 11) is 0. The first-order valence-electron chi connectivity index (χ1n) is 6.66. The Labute approximate surface area is 113 Å². The Hall–Kier alpha value is -2.02. The molecule has 19 heavy (non-hydrogen) atoms. The first-order valence-corrected chi connectivity index (χ1v) is 6.66. The summed E-state index contributed by atoms with van der Waals surface area (Å²) in [5, 5.41) is 11.8. The van der Waals surface area contributed by atoms with Crippen LogP contribution in [0.2, 0.25) is 0 Å². The number of carbonyl (C=O) groups excluding carboxylic acids is 1. The van der Waals surface area contributed by atoms with Crippen LogP contribution in [0, 0.1) is 17.2 Å². The highest BCUT2D eigenvalue weighted by molar-refractivity contribution is 5.68. The molecule has 1 aliphatic carbocycles. The Morgan fingerprint density at radius 2 is 2.05 bits per heavy atom. The van der Waals surface area contributed by atoms with Crippen molar-refractivity contribution in [3.05, 3.63) is 35.9 Å². The molecule has 2 rings (SSSR count). The van der Waals surface area contributed by atoms with Crippen LogP contribution >= 0.6 is 0 Å². The summed E-state index contributed by atoms with van der Waals surface area (Å²) in [4.78, 5) is 11.7. The van der Waals surface area contributed by atoms with Crippen LogP contribution in [-0.2, 0) is 11.3 Å². The van der Waals surface area contributed by atoms with Crippen molar-refractivity contribution < 1.29 is 9.53 Å². The third kappa shape index (κ3) is 3.99. The first-order chi connectivity index (χ1) is 9.29. The fraction of sp³-hybridized carbons (Fsp3) is 0.467. The lowest BCUT2D eigenvalue weighted by molar-refractivity contribution is 0.135. The van der Waals surface area contributed by atoms with Crippen molar-refractivity contribution in [2.24, 2.45) is 5.92 Å². The van der Waals surface area contributed by atoms with E-state index in [2.05, 4.69) is 11.4 Å². The Morgan fingerprint density at radius 1 is 1.37 bits per heavy atom. The molecule has 4 nitrogen and oxygen atoms in total. The van der Waals surface area contributed by atoms with E-state index in [0.717, 1.165) is 31.2 Å². The average Bonchev–Trinajstić information content (AvgIpc) is 2.97. The van der Waals surface area contributed by atoms with Crippen molar-refractivity contribution >= 4 is 6.09 Å². The average molecular weight is 258 g/mol. The van der Waals surface area contributed by atoms with Crippen LogP contribution in [0.3, 0.4) is 0 Å². The lowest BCUT2D eigenvalue weighted by atomic mass is 10.00. The standard InChI is InChI=1S/C15H18N2O2/c16-10-14(13-8-4-5-9-13)17-15(18)19-11-12-6-2-1-3-7-12/h1-3,6-7,13-14H,4-5,8-9,11H2,(H,17,18). The predicted octanol–water partition coefficient (Wildman–Crippen LogP) is 3.00. The van der Waals surface area contributed by atoms with Gasteiger partial charge in [0.15, 0.2) is 0 Å². The Balaban J connectivity index is 1.78. The second-order valence-electron chi connectivity index (χ2n) is 4.86. The molecule has 1 N–H and O–H groups in total. The highest BCUT2D eigenvalue weighted by Crippen LogP contribution is 2.27. The van der Waals surface area contributed by atoms with Gasteiger partial charge in [-0.05, 0) is 24.3 Å². The summed E-state index contributed by atoms with van der Waals surface area (Å²) in [5.74, 6) is 0.272. The Morgan fingerprint density at radius 3 is 2.68 bits per heavy atom. The third-order valence-electron chi connectivity index (χ3n) is 3.50. The molecule has 1 atom stereocenters. The maximum absolute atomic E-state index is 11.7. The van der Waals surface area contributed by atoms with Gasteiger partial charge in [0, 0.05) is 0 Å². The molecule has 1 aliphatic rings. The monoisotopic (exact) mass is 258 g/mol. The summed E-state index contributed by atoms with van der Waals surface area (Å²) in [6.07, 6.45) is 3.80. The van der Waals surface area contributed by atoms with Gasteiger partial charge in [-0.2, -0.15) is 5.26 Å². The zero-order chi connectivity index (χ0) is 13.5. The van der Waals surface area contributed by atoms with Gasteiger partial charge in [0.2, 0.25) is 0 Å². The molecule has 1 unspecified atom stereocenters. The van der Waals surface area contributed by atoms with Crippen LogP contribution in [0.25, 0.3) is 0 Å². The molecule has 1 fully saturated rings. The number of carbonyl (C=O) groups is 1. The van der Waals surface area contributed by atoms with Gasteiger partial charge in [-0.25, -0.2) is 4.79 Å². The number of rotatable bonds is 4. The highest BCUT2D eigenvalue weighted by atomic mass is 16.5. The van der Waals surface area contributed by atoms with Crippen LogP contribution in [0.4, 0.5) is 4.79 Å². The first kappa shape index (κ1) is 13.4. The SMILES string of the molecule is N#CC(NC(=O)OCc1ccccc1)C1CCCC1. The Bertz CT molecular complexity index is 447. The van der Waals surface area contributed by atoms with Crippen molar-refractivity contribution in [2.45, 2.75) is 38.3 Å². The summed E-state index contributed by atoms with van der Waals surface area (Å²) in [5.41, 5.74) is 0.937. The highest BCUT2D eigenvalue weighted by Gasteiger charge is 2.26. The predicted molar refractivity (Wildman–Crippen MR) is 71.1 cm³/mol. The van der Waals surface area contributed by atoms with Crippen LogP contribution in [-0.4, -0.2) is 12.1 Å². The number of hydrogen-bond donors (Lipinski definition) is 1. The number of benzene rings is 1. The molecule has 0 saturated heterocycles. The van der Waals surface area contributed by atoms with Crippen LogP contribution in [0.15, 0.2) is 30.3 Å². The van der Waals surface area contributed by atoms with E-state index in [4.69, 9.17) is 10.00 Å². The largest absolute Gasteiger partial charge is 0.445 e. The van der Waals surface area contributed by atoms with Gasteiger partial charge in [-0.15, -0.1) is 0 Å². The van der Waals surface area contributed by atoms with Crippen molar-refractivity contribution in [3.8, 4) is 6.07 Å². The molecule has 0 heterocycles. The molecule has 0 aliphatic heterocycles. The lowest BCUT2D eigenvalue weighted by Gasteiger charge is -2.17. The molecular weight excluding hydrogens is 240 g/mol. The smallest absolute Gasteiger partial charge is 0.408 e.